The van der Waals surface area contributed by atoms with Gasteiger partial charge >= 0.3 is 6.01 Å². The molecule has 0 aliphatic heterocycles. The molecule has 1 saturated carbocycles. The molecule has 0 aromatic carbocycles. The minimum Gasteiger partial charge on any atom is -0.467 e. The highest BCUT2D eigenvalue weighted by molar-refractivity contribution is 6.32. The van der Waals surface area contributed by atoms with Crippen LogP contribution in [0.5, 0.6) is 6.01 Å². The number of nitrogens with zero attached hydrogens (tertiary/aromatic N) is 3. The van der Waals surface area contributed by atoms with Gasteiger partial charge < -0.3 is 15.4 Å². The van der Waals surface area contributed by atoms with Crippen molar-refractivity contribution in [3.8, 4) is 6.01 Å². The van der Waals surface area contributed by atoms with Crippen molar-refractivity contribution in [3.63, 3.8) is 0 Å². The summed E-state index contributed by atoms with van der Waals surface area (Å²) in [6, 6.07) is 1.14. The Morgan fingerprint density at radius 1 is 1.42 bits per heavy atom. The first-order valence-corrected chi connectivity index (χ1v) is 7.12. The van der Waals surface area contributed by atoms with Crippen LogP contribution in [0.25, 0.3) is 0 Å². The number of aromatic nitrogens is 2. The third kappa shape index (κ3) is 3.28. The van der Waals surface area contributed by atoms with Gasteiger partial charge in [-0.3, -0.25) is 0 Å². The van der Waals surface area contributed by atoms with Gasteiger partial charge in [0, 0.05) is 18.6 Å². The zero-order chi connectivity index (χ0) is 13.8. The molecular weight excluding hydrogens is 264 g/mol. The summed E-state index contributed by atoms with van der Waals surface area (Å²) in [6.07, 6.45) is 5.87. The van der Waals surface area contributed by atoms with Crippen molar-refractivity contribution in [3.05, 3.63) is 11.2 Å². The summed E-state index contributed by atoms with van der Waals surface area (Å²) in [5.41, 5.74) is 5.96. The SMILES string of the molecule is CCN(c1nc(OC)ncc1Cl)C1CCC(N)CC1. The first kappa shape index (κ1) is 14.3. The monoisotopic (exact) mass is 284 g/mol. The predicted octanol–water partition coefficient (Wildman–Crippen LogP) is 2.23. The quantitative estimate of drug-likeness (QED) is 0.918. The van der Waals surface area contributed by atoms with Crippen molar-refractivity contribution in [1.29, 1.82) is 0 Å². The van der Waals surface area contributed by atoms with Gasteiger partial charge in [-0.25, -0.2) is 4.98 Å². The van der Waals surface area contributed by atoms with Crippen LogP contribution < -0.4 is 15.4 Å². The third-order valence-corrected chi connectivity index (χ3v) is 3.95. The fourth-order valence-electron chi connectivity index (χ4n) is 2.64. The summed E-state index contributed by atoms with van der Waals surface area (Å²) in [7, 11) is 1.56. The van der Waals surface area contributed by atoms with E-state index in [0.717, 1.165) is 38.0 Å². The summed E-state index contributed by atoms with van der Waals surface area (Å²) in [5.74, 6) is 0.761. The molecule has 1 aliphatic rings. The molecule has 106 valence electrons. The van der Waals surface area contributed by atoms with Crippen molar-refractivity contribution >= 4 is 17.4 Å². The molecule has 5 nitrogen and oxygen atoms in total. The van der Waals surface area contributed by atoms with E-state index in [-0.39, 0.29) is 0 Å². The molecule has 19 heavy (non-hydrogen) atoms. The summed E-state index contributed by atoms with van der Waals surface area (Å²) in [6.45, 7) is 2.97. The van der Waals surface area contributed by atoms with E-state index in [4.69, 9.17) is 22.1 Å². The summed E-state index contributed by atoms with van der Waals surface area (Å²) < 4.78 is 5.08. The second-order valence-electron chi connectivity index (χ2n) is 4.88. The van der Waals surface area contributed by atoms with E-state index in [9.17, 15) is 0 Å². The molecule has 0 amide bonds. The smallest absolute Gasteiger partial charge is 0.318 e. The van der Waals surface area contributed by atoms with E-state index in [1.807, 2.05) is 0 Å². The zero-order valence-electron chi connectivity index (χ0n) is 11.5. The highest BCUT2D eigenvalue weighted by atomic mass is 35.5. The lowest BCUT2D eigenvalue weighted by Gasteiger charge is -2.36. The minimum absolute atomic E-state index is 0.338. The minimum atomic E-state index is 0.338. The van der Waals surface area contributed by atoms with E-state index in [0.29, 0.717) is 23.1 Å². The standard InChI is InChI=1S/C13H21ClN4O/c1-3-18(10-6-4-9(15)5-7-10)12-11(14)8-16-13(17-12)19-2/h8-10H,3-7,15H2,1-2H3. The largest absolute Gasteiger partial charge is 0.467 e. The van der Waals surface area contributed by atoms with Gasteiger partial charge in [0.05, 0.1) is 13.3 Å². The molecule has 0 unspecified atom stereocenters. The number of rotatable bonds is 4. The highest BCUT2D eigenvalue weighted by Gasteiger charge is 2.26. The topological polar surface area (TPSA) is 64.3 Å². The predicted molar refractivity (Wildman–Crippen MR) is 76.8 cm³/mol. The van der Waals surface area contributed by atoms with Crippen LogP contribution in [0.15, 0.2) is 6.20 Å². The Morgan fingerprint density at radius 2 is 2.11 bits per heavy atom. The van der Waals surface area contributed by atoms with Gasteiger partial charge in [0.2, 0.25) is 0 Å². The van der Waals surface area contributed by atoms with Crippen LogP contribution in [-0.2, 0) is 0 Å². The Kier molecular flexibility index (Phi) is 4.82. The number of hydrogen-bond acceptors (Lipinski definition) is 5. The van der Waals surface area contributed by atoms with Crippen LogP contribution in [0.2, 0.25) is 5.02 Å². The molecule has 1 heterocycles. The van der Waals surface area contributed by atoms with Crippen molar-refractivity contribution in [2.75, 3.05) is 18.6 Å². The maximum absolute atomic E-state index is 6.23. The number of methoxy groups -OCH3 is 1. The molecule has 0 saturated heterocycles. The lowest BCUT2D eigenvalue weighted by atomic mass is 9.91. The Balaban J connectivity index is 2.21. The maximum Gasteiger partial charge on any atom is 0.318 e. The van der Waals surface area contributed by atoms with Gasteiger partial charge in [0.15, 0.2) is 5.82 Å². The van der Waals surface area contributed by atoms with Crippen LogP contribution in [0.3, 0.4) is 0 Å². The molecule has 1 aromatic heterocycles. The lowest BCUT2D eigenvalue weighted by molar-refractivity contribution is 0.367. The van der Waals surface area contributed by atoms with Gasteiger partial charge in [-0.1, -0.05) is 11.6 Å². The molecule has 2 rings (SSSR count). The molecule has 1 aliphatic carbocycles. The fraction of sp³-hybridized carbons (Fsp3) is 0.692. The van der Waals surface area contributed by atoms with Crippen LogP contribution >= 0.6 is 11.6 Å². The Morgan fingerprint density at radius 3 is 2.68 bits per heavy atom. The average molecular weight is 285 g/mol. The van der Waals surface area contributed by atoms with E-state index in [1.165, 1.54) is 0 Å². The zero-order valence-corrected chi connectivity index (χ0v) is 12.2. The maximum atomic E-state index is 6.23. The second-order valence-corrected chi connectivity index (χ2v) is 5.29. The molecule has 0 bridgehead atoms. The number of anilines is 1. The number of nitrogens with two attached hydrogens (primary N) is 1. The van der Waals surface area contributed by atoms with E-state index in [1.54, 1.807) is 13.3 Å². The van der Waals surface area contributed by atoms with Crippen molar-refractivity contribution < 1.29 is 4.74 Å². The van der Waals surface area contributed by atoms with Crippen molar-refractivity contribution in [2.45, 2.75) is 44.7 Å². The highest BCUT2D eigenvalue weighted by Crippen LogP contribution is 2.30. The van der Waals surface area contributed by atoms with Crippen LogP contribution in [0.1, 0.15) is 32.6 Å². The van der Waals surface area contributed by atoms with E-state index < -0.39 is 0 Å². The molecular formula is C13H21ClN4O. The van der Waals surface area contributed by atoms with E-state index in [2.05, 4.69) is 21.8 Å². The number of halogens is 1. The van der Waals surface area contributed by atoms with Crippen molar-refractivity contribution in [1.82, 2.24) is 9.97 Å². The number of ether oxygens (including phenoxy) is 1. The van der Waals surface area contributed by atoms with Gasteiger partial charge in [0.25, 0.3) is 0 Å². The molecule has 6 heteroatoms. The van der Waals surface area contributed by atoms with Crippen molar-refractivity contribution in [2.24, 2.45) is 5.73 Å². The van der Waals surface area contributed by atoms with Crippen LogP contribution in [0, 0.1) is 0 Å². The Labute approximate surface area is 119 Å². The molecule has 1 aromatic rings. The first-order chi connectivity index (χ1) is 9.15. The fourth-order valence-corrected chi connectivity index (χ4v) is 2.84. The summed E-state index contributed by atoms with van der Waals surface area (Å²) in [4.78, 5) is 10.6. The van der Waals surface area contributed by atoms with Gasteiger partial charge in [-0.05, 0) is 32.6 Å². The molecule has 0 spiro atoms. The molecule has 0 radical (unpaired) electrons. The van der Waals surface area contributed by atoms with Gasteiger partial charge in [-0.2, -0.15) is 4.98 Å². The molecule has 0 atom stereocenters. The molecule has 1 fully saturated rings. The van der Waals surface area contributed by atoms with E-state index >= 15 is 0 Å². The molecule has 2 N–H and O–H groups in total. The number of hydrogen-bond donors (Lipinski definition) is 1. The van der Waals surface area contributed by atoms with Crippen LogP contribution in [0.4, 0.5) is 5.82 Å². The Bertz CT molecular complexity index is 421. The second kappa shape index (κ2) is 6.39. The summed E-state index contributed by atoms with van der Waals surface area (Å²) >= 11 is 6.23. The first-order valence-electron chi connectivity index (χ1n) is 6.74. The Hall–Kier alpha value is -1.07. The van der Waals surface area contributed by atoms with Gasteiger partial charge in [0.1, 0.15) is 5.02 Å². The summed E-state index contributed by atoms with van der Waals surface area (Å²) in [5, 5.41) is 0.567. The van der Waals surface area contributed by atoms with Crippen LogP contribution in [-0.4, -0.2) is 35.7 Å². The lowest BCUT2D eigenvalue weighted by Crippen LogP contribution is -2.41. The third-order valence-electron chi connectivity index (χ3n) is 3.68. The average Bonchev–Trinajstić information content (AvgIpc) is 2.43. The van der Waals surface area contributed by atoms with Gasteiger partial charge in [-0.15, -0.1) is 0 Å². The normalized spacial score (nSPS) is 23.2.